The molecule has 0 saturated heterocycles. The van der Waals surface area contributed by atoms with Crippen LogP contribution in [-0.4, -0.2) is 19.3 Å². The van der Waals surface area contributed by atoms with E-state index in [-0.39, 0.29) is 0 Å². The monoisotopic (exact) mass is 274 g/mol. The van der Waals surface area contributed by atoms with E-state index in [9.17, 15) is 5.11 Å². The number of aliphatic hydroxyl groups excluding tert-OH is 1. The third kappa shape index (κ3) is 3.03. The molecule has 4 nitrogen and oxygen atoms in total. The second kappa shape index (κ2) is 6.30. The van der Waals surface area contributed by atoms with Gasteiger partial charge in [-0.3, -0.25) is 0 Å². The summed E-state index contributed by atoms with van der Waals surface area (Å²) in [5.41, 5.74) is 0.837. The second-order valence-electron chi connectivity index (χ2n) is 4.34. The fourth-order valence-corrected chi connectivity index (χ4v) is 1.85. The molecule has 0 fully saturated rings. The predicted octanol–water partition coefficient (Wildman–Crippen LogP) is 3.55. The zero-order valence-electron chi connectivity index (χ0n) is 11.8. The van der Waals surface area contributed by atoms with Crippen molar-refractivity contribution in [3.8, 4) is 23.0 Å². The molecule has 2 aromatic rings. The number of benzene rings is 2. The molecule has 0 spiro atoms. The number of methoxy groups -OCH3 is 2. The lowest BCUT2D eigenvalue weighted by Crippen LogP contribution is -1.95. The highest BCUT2D eigenvalue weighted by atomic mass is 16.5. The molecular weight excluding hydrogens is 256 g/mol. The lowest BCUT2D eigenvalue weighted by molar-refractivity contribution is 0.199. The minimum absolute atomic E-state index is 0.496. The molecule has 0 saturated carbocycles. The summed E-state index contributed by atoms with van der Waals surface area (Å²) >= 11 is 0. The number of rotatable bonds is 5. The lowest BCUT2D eigenvalue weighted by Gasteiger charge is -2.14. The maximum absolute atomic E-state index is 9.49. The normalized spacial score (nSPS) is 11.8. The summed E-state index contributed by atoms with van der Waals surface area (Å²) in [6.45, 7) is 1.72. The van der Waals surface area contributed by atoms with Crippen LogP contribution in [0.5, 0.6) is 23.0 Å². The molecule has 0 aliphatic carbocycles. The molecular formula is C16H18O4. The van der Waals surface area contributed by atoms with E-state index in [4.69, 9.17) is 14.2 Å². The summed E-state index contributed by atoms with van der Waals surface area (Å²) in [4.78, 5) is 0. The average molecular weight is 274 g/mol. The third-order valence-corrected chi connectivity index (χ3v) is 2.97. The van der Waals surface area contributed by atoms with E-state index in [2.05, 4.69) is 0 Å². The van der Waals surface area contributed by atoms with Gasteiger partial charge in [-0.2, -0.15) is 0 Å². The van der Waals surface area contributed by atoms with Gasteiger partial charge in [0.25, 0.3) is 0 Å². The molecule has 1 atom stereocenters. The van der Waals surface area contributed by atoms with Gasteiger partial charge in [-0.05, 0) is 36.8 Å². The first-order chi connectivity index (χ1) is 9.65. The maximum atomic E-state index is 9.49. The van der Waals surface area contributed by atoms with Crippen molar-refractivity contribution in [1.82, 2.24) is 0 Å². The summed E-state index contributed by atoms with van der Waals surface area (Å²) in [5.74, 6) is 2.38. The molecule has 1 unspecified atom stereocenters. The number of para-hydroxylation sites is 1. The topological polar surface area (TPSA) is 47.9 Å². The second-order valence-corrected chi connectivity index (χ2v) is 4.34. The van der Waals surface area contributed by atoms with Crippen LogP contribution in [0.1, 0.15) is 18.6 Å². The van der Waals surface area contributed by atoms with Crippen molar-refractivity contribution in [2.24, 2.45) is 0 Å². The lowest BCUT2D eigenvalue weighted by atomic mass is 10.1. The molecule has 2 aromatic carbocycles. The number of hydrogen-bond donors (Lipinski definition) is 1. The Hall–Kier alpha value is -2.20. The molecule has 20 heavy (non-hydrogen) atoms. The Bertz CT molecular complexity index is 539. The first kappa shape index (κ1) is 14.2. The van der Waals surface area contributed by atoms with Gasteiger partial charge in [0.15, 0.2) is 11.5 Å². The zero-order chi connectivity index (χ0) is 14.5. The van der Waals surface area contributed by atoms with Crippen LogP contribution in [-0.2, 0) is 0 Å². The molecule has 0 heterocycles. The molecule has 0 aromatic heterocycles. The van der Waals surface area contributed by atoms with Crippen LogP contribution >= 0.6 is 0 Å². The van der Waals surface area contributed by atoms with Crippen LogP contribution in [0.25, 0.3) is 0 Å². The number of ether oxygens (including phenoxy) is 3. The van der Waals surface area contributed by atoms with Crippen molar-refractivity contribution < 1.29 is 19.3 Å². The Morgan fingerprint density at radius 3 is 1.90 bits per heavy atom. The van der Waals surface area contributed by atoms with Crippen molar-refractivity contribution in [2.75, 3.05) is 14.2 Å². The highest BCUT2D eigenvalue weighted by Crippen LogP contribution is 2.39. The molecule has 0 bridgehead atoms. The zero-order valence-corrected chi connectivity index (χ0v) is 11.8. The van der Waals surface area contributed by atoms with Crippen LogP contribution in [0.2, 0.25) is 0 Å². The fourth-order valence-electron chi connectivity index (χ4n) is 1.85. The summed E-state index contributed by atoms with van der Waals surface area (Å²) in [6, 6.07) is 12.7. The van der Waals surface area contributed by atoms with E-state index < -0.39 is 6.10 Å². The van der Waals surface area contributed by atoms with Crippen LogP contribution in [0, 0.1) is 0 Å². The van der Waals surface area contributed by atoms with Gasteiger partial charge in [0.2, 0.25) is 5.75 Å². The Balaban J connectivity index is 2.29. The number of hydrogen-bond acceptors (Lipinski definition) is 4. The summed E-state index contributed by atoms with van der Waals surface area (Å²) in [5, 5.41) is 9.49. The fraction of sp³-hybridized carbons (Fsp3) is 0.250. The van der Waals surface area contributed by atoms with Gasteiger partial charge in [0, 0.05) is 0 Å². The van der Waals surface area contributed by atoms with Gasteiger partial charge in [-0.25, -0.2) is 0 Å². The summed E-state index contributed by atoms with van der Waals surface area (Å²) < 4.78 is 16.4. The molecule has 0 radical (unpaired) electrons. The van der Waals surface area contributed by atoms with E-state index in [1.165, 1.54) is 0 Å². The smallest absolute Gasteiger partial charge is 0.210 e. The summed E-state index contributed by atoms with van der Waals surface area (Å²) in [6.07, 6.45) is -0.496. The quantitative estimate of drug-likeness (QED) is 0.905. The van der Waals surface area contributed by atoms with Crippen LogP contribution in [0.15, 0.2) is 42.5 Å². The molecule has 2 rings (SSSR count). The van der Waals surface area contributed by atoms with E-state index in [0.717, 1.165) is 5.56 Å². The average Bonchev–Trinajstić information content (AvgIpc) is 2.48. The van der Waals surface area contributed by atoms with Crippen LogP contribution in [0.4, 0.5) is 0 Å². The molecule has 1 N–H and O–H groups in total. The van der Waals surface area contributed by atoms with E-state index in [0.29, 0.717) is 23.0 Å². The van der Waals surface area contributed by atoms with Gasteiger partial charge >= 0.3 is 0 Å². The van der Waals surface area contributed by atoms with Crippen LogP contribution in [0.3, 0.4) is 0 Å². The van der Waals surface area contributed by atoms with Gasteiger partial charge in [-0.1, -0.05) is 18.2 Å². The van der Waals surface area contributed by atoms with E-state index in [1.807, 2.05) is 30.3 Å². The SMILES string of the molecule is COc1cccc(OC)c1Oc1ccc(C(C)O)cc1. The molecule has 106 valence electrons. The maximum Gasteiger partial charge on any atom is 0.210 e. The first-order valence-electron chi connectivity index (χ1n) is 6.32. The molecule has 0 amide bonds. The molecule has 0 aliphatic rings. The van der Waals surface area contributed by atoms with Crippen molar-refractivity contribution >= 4 is 0 Å². The van der Waals surface area contributed by atoms with Gasteiger partial charge in [-0.15, -0.1) is 0 Å². The minimum atomic E-state index is -0.496. The van der Waals surface area contributed by atoms with Crippen molar-refractivity contribution in [3.05, 3.63) is 48.0 Å². The summed E-state index contributed by atoms with van der Waals surface area (Å²) in [7, 11) is 3.16. The largest absolute Gasteiger partial charge is 0.493 e. The predicted molar refractivity (Wildman–Crippen MR) is 76.7 cm³/mol. The Morgan fingerprint density at radius 2 is 1.45 bits per heavy atom. The van der Waals surface area contributed by atoms with Crippen molar-refractivity contribution in [2.45, 2.75) is 13.0 Å². The standard InChI is InChI=1S/C16H18O4/c1-11(17)12-7-9-13(10-8-12)20-16-14(18-2)5-4-6-15(16)19-3/h4-11,17H,1-3H3. The highest BCUT2D eigenvalue weighted by Gasteiger charge is 2.12. The van der Waals surface area contributed by atoms with Crippen LogP contribution < -0.4 is 14.2 Å². The Kier molecular flexibility index (Phi) is 4.48. The van der Waals surface area contributed by atoms with Gasteiger partial charge in [0.05, 0.1) is 20.3 Å². The Labute approximate surface area is 118 Å². The highest BCUT2D eigenvalue weighted by molar-refractivity contribution is 5.53. The van der Waals surface area contributed by atoms with Gasteiger partial charge in [0.1, 0.15) is 5.75 Å². The number of aliphatic hydroxyl groups is 1. The molecule has 4 heteroatoms. The van der Waals surface area contributed by atoms with E-state index >= 15 is 0 Å². The molecule has 0 aliphatic heterocycles. The first-order valence-corrected chi connectivity index (χ1v) is 6.32. The Morgan fingerprint density at radius 1 is 0.900 bits per heavy atom. The third-order valence-electron chi connectivity index (χ3n) is 2.97. The van der Waals surface area contributed by atoms with Crippen molar-refractivity contribution in [3.63, 3.8) is 0 Å². The van der Waals surface area contributed by atoms with Gasteiger partial charge < -0.3 is 19.3 Å². The van der Waals surface area contributed by atoms with Crippen molar-refractivity contribution in [1.29, 1.82) is 0 Å². The van der Waals surface area contributed by atoms with E-state index in [1.54, 1.807) is 33.3 Å². The minimum Gasteiger partial charge on any atom is -0.493 e.